The molecule has 0 radical (unpaired) electrons. The van der Waals surface area contributed by atoms with Crippen LogP contribution in [0.3, 0.4) is 0 Å². The van der Waals surface area contributed by atoms with E-state index < -0.39 is 0 Å². The SMILES string of the molecule is COc1c2c(cc3c1C(CC(=NO)c1ccc(F)cc1)N(C)CC3)OCO2. The first-order chi connectivity index (χ1) is 13.1. The summed E-state index contributed by atoms with van der Waals surface area (Å²) in [5.41, 5.74) is 3.31. The van der Waals surface area contributed by atoms with Gasteiger partial charge in [0.1, 0.15) is 5.82 Å². The molecule has 2 heterocycles. The predicted molar refractivity (Wildman–Crippen MR) is 97.5 cm³/mol. The molecule has 0 amide bonds. The van der Waals surface area contributed by atoms with Crippen molar-refractivity contribution in [2.75, 3.05) is 27.5 Å². The van der Waals surface area contributed by atoms with Crippen molar-refractivity contribution in [1.82, 2.24) is 4.90 Å². The number of hydrogen-bond acceptors (Lipinski definition) is 6. The molecule has 2 aliphatic rings. The molecule has 0 saturated heterocycles. The van der Waals surface area contributed by atoms with E-state index >= 15 is 0 Å². The quantitative estimate of drug-likeness (QED) is 0.507. The zero-order valence-corrected chi connectivity index (χ0v) is 15.2. The van der Waals surface area contributed by atoms with Crippen molar-refractivity contribution in [2.24, 2.45) is 5.16 Å². The molecule has 0 fully saturated rings. The Morgan fingerprint density at radius 2 is 2.11 bits per heavy atom. The summed E-state index contributed by atoms with van der Waals surface area (Å²) >= 11 is 0. The molecule has 0 spiro atoms. The largest absolute Gasteiger partial charge is 0.492 e. The number of nitrogens with zero attached hydrogens (tertiary/aromatic N) is 2. The smallest absolute Gasteiger partial charge is 0.231 e. The van der Waals surface area contributed by atoms with Crippen LogP contribution in [0.5, 0.6) is 17.2 Å². The number of methoxy groups -OCH3 is 1. The highest BCUT2D eigenvalue weighted by molar-refractivity contribution is 6.00. The van der Waals surface area contributed by atoms with Crippen LogP contribution >= 0.6 is 0 Å². The van der Waals surface area contributed by atoms with E-state index in [4.69, 9.17) is 14.2 Å². The third kappa shape index (κ3) is 3.08. The van der Waals surface area contributed by atoms with Crippen LogP contribution in [-0.4, -0.2) is 43.3 Å². The van der Waals surface area contributed by atoms with Crippen molar-refractivity contribution in [2.45, 2.75) is 18.9 Å². The van der Waals surface area contributed by atoms with Gasteiger partial charge in [0.2, 0.25) is 12.5 Å². The maximum atomic E-state index is 13.2. The molecule has 2 aromatic rings. The molecule has 2 aliphatic heterocycles. The van der Waals surface area contributed by atoms with Crippen LogP contribution in [0.25, 0.3) is 0 Å². The number of rotatable bonds is 4. The van der Waals surface area contributed by atoms with Gasteiger partial charge in [0.25, 0.3) is 0 Å². The Kier molecular flexibility index (Phi) is 4.61. The molecular weight excluding hydrogens is 351 g/mol. The van der Waals surface area contributed by atoms with Crippen molar-refractivity contribution in [3.63, 3.8) is 0 Å². The Morgan fingerprint density at radius 1 is 1.33 bits per heavy atom. The molecule has 0 saturated carbocycles. The molecule has 1 atom stereocenters. The zero-order chi connectivity index (χ0) is 19.0. The maximum Gasteiger partial charge on any atom is 0.231 e. The average Bonchev–Trinajstić information content (AvgIpc) is 3.15. The minimum atomic E-state index is -0.328. The number of benzene rings is 2. The molecule has 1 unspecified atom stereocenters. The van der Waals surface area contributed by atoms with E-state index in [0.29, 0.717) is 34.9 Å². The van der Waals surface area contributed by atoms with Gasteiger partial charge >= 0.3 is 0 Å². The monoisotopic (exact) mass is 372 g/mol. The Bertz CT molecular complexity index is 883. The van der Waals surface area contributed by atoms with Gasteiger partial charge in [0.05, 0.1) is 12.8 Å². The summed E-state index contributed by atoms with van der Waals surface area (Å²) in [5.74, 6) is 1.64. The van der Waals surface area contributed by atoms with Gasteiger partial charge in [-0.3, -0.25) is 4.90 Å². The van der Waals surface area contributed by atoms with Crippen LogP contribution in [0.2, 0.25) is 0 Å². The normalized spacial score (nSPS) is 19.1. The Morgan fingerprint density at radius 3 is 2.81 bits per heavy atom. The van der Waals surface area contributed by atoms with Gasteiger partial charge in [-0.1, -0.05) is 17.3 Å². The van der Waals surface area contributed by atoms with Crippen LogP contribution in [0.4, 0.5) is 4.39 Å². The van der Waals surface area contributed by atoms with Crippen LogP contribution in [0, 0.1) is 5.82 Å². The van der Waals surface area contributed by atoms with Gasteiger partial charge in [0.15, 0.2) is 11.5 Å². The third-order valence-electron chi connectivity index (χ3n) is 5.23. The van der Waals surface area contributed by atoms with Crippen molar-refractivity contribution in [3.8, 4) is 17.2 Å². The summed E-state index contributed by atoms with van der Waals surface area (Å²) in [7, 11) is 3.64. The molecule has 6 nitrogen and oxygen atoms in total. The fraction of sp³-hybridized carbons (Fsp3) is 0.350. The lowest BCUT2D eigenvalue weighted by Crippen LogP contribution is -2.34. The van der Waals surface area contributed by atoms with E-state index in [-0.39, 0.29) is 18.7 Å². The Balaban J connectivity index is 1.75. The second kappa shape index (κ2) is 7.08. The number of likely N-dealkylation sites (N-methyl/N-ethyl adjacent to an activating group) is 1. The zero-order valence-electron chi connectivity index (χ0n) is 15.2. The molecule has 0 bridgehead atoms. The van der Waals surface area contributed by atoms with Crippen LogP contribution < -0.4 is 14.2 Å². The first kappa shape index (κ1) is 17.6. The highest BCUT2D eigenvalue weighted by Crippen LogP contribution is 2.50. The summed E-state index contributed by atoms with van der Waals surface area (Å²) in [4.78, 5) is 2.20. The summed E-state index contributed by atoms with van der Waals surface area (Å²) in [6, 6.07) is 7.88. The lowest BCUT2D eigenvalue weighted by molar-refractivity contribution is 0.170. The van der Waals surface area contributed by atoms with Gasteiger partial charge < -0.3 is 19.4 Å². The Labute approximate surface area is 156 Å². The summed E-state index contributed by atoms with van der Waals surface area (Å²) in [6.07, 6.45) is 1.30. The fourth-order valence-electron chi connectivity index (χ4n) is 3.82. The minimum Gasteiger partial charge on any atom is -0.492 e. The third-order valence-corrected chi connectivity index (χ3v) is 5.23. The number of hydrogen-bond donors (Lipinski definition) is 1. The van der Waals surface area contributed by atoms with Gasteiger partial charge in [-0.05, 0) is 42.8 Å². The molecule has 1 N–H and O–H groups in total. The second-order valence-electron chi connectivity index (χ2n) is 6.72. The van der Waals surface area contributed by atoms with Gasteiger partial charge in [-0.2, -0.15) is 0 Å². The molecule has 4 rings (SSSR count). The standard InChI is InChI=1S/C20H21FN2O4/c1-23-8-7-13-9-17-19(27-11-26-17)20(25-2)18(13)16(23)10-15(22-24)12-3-5-14(21)6-4-12/h3-6,9,16,24H,7-8,10-11H2,1-2H3. The summed E-state index contributed by atoms with van der Waals surface area (Å²) < 4.78 is 30.1. The van der Waals surface area contributed by atoms with E-state index in [1.165, 1.54) is 12.1 Å². The lowest BCUT2D eigenvalue weighted by Gasteiger charge is -2.36. The number of oxime groups is 1. The highest BCUT2D eigenvalue weighted by atomic mass is 19.1. The fourth-order valence-corrected chi connectivity index (χ4v) is 3.82. The van der Waals surface area contributed by atoms with E-state index in [1.54, 1.807) is 19.2 Å². The van der Waals surface area contributed by atoms with Gasteiger partial charge in [-0.15, -0.1) is 0 Å². The molecule has 7 heteroatoms. The van der Waals surface area contributed by atoms with E-state index in [1.807, 2.05) is 13.1 Å². The number of ether oxygens (including phenoxy) is 3. The first-order valence-electron chi connectivity index (χ1n) is 8.78. The highest BCUT2D eigenvalue weighted by Gasteiger charge is 2.34. The van der Waals surface area contributed by atoms with E-state index in [9.17, 15) is 9.60 Å². The summed E-state index contributed by atoms with van der Waals surface area (Å²) in [5, 5.41) is 13.1. The van der Waals surface area contributed by atoms with Crippen LogP contribution in [-0.2, 0) is 6.42 Å². The molecule has 142 valence electrons. The van der Waals surface area contributed by atoms with Crippen molar-refractivity contribution in [1.29, 1.82) is 0 Å². The van der Waals surface area contributed by atoms with Crippen LogP contribution in [0.15, 0.2) is 35.5 Å². The van der Waals surface area contributed by atoms with Crippen molar-refractivity contribution < 1.29 is 23.8 Å². The second-order valence-corrected chi connectivity index (χ2v) is 6.72. The molecule has 2 aromatic carbocycles. The van der Waals surface area contributed by atoms with E-state index in [0.717, 1.165) is 24.1 Å². The van der Waals surface area contributed by atoms with Gasteiger partial charge in [-0.25, -0.2) is 4.39 Å². The maximum absolute atomic E-state index is 13.2. The average molecular weight is 372 g/mol. The number of fused-ring (bicyclic) bond motifs is 2. The molecular formula is C20H21FN2O4. The Hall–Kier alpha value is -2.80. The molecule has 27 heavy (non-hydrogen) atoms. The lowest BCUT2D eigenvalue weighted by atomic mass is 9.87. The van der Waals surface area contributed by atoms with Gasteiger partial charge in [0, 0.05) is 24.6 Å². The first-order valence-corrected chi connectivity index (χ1v) is 8.78. The molecule has 0 aromatic heterocycles. The summed E-state index contributed by atoms with van der Waals surface area (Å²) in [6.45, 7) is 1.02. The molecule has 0 aliphatic carbocycles. The number of halogens is 1. The van der Waals surface area contributed by atoms with Crippen molar-refractivity contribution >= 4 is 5.71 Å². The van der Waals surface area contributed by atoms with Crippen molar-refractivity contribution in [3.05, 3.63) is 52.8 Å². The predicted octanol–water partition coefficient (Wildman–Crippen LogP) is 3.36. The topological polar surface area (TPSA) is 63.5 Å². The van der Waals surface area contributed by atoms with E-state index in [2.05, 4.69) is 10.1 Å². The van der Waals surface area contributed by atoms with Crippen LogP contribution in [0.1, 0.15) is 29.2 Å². The minimum absolute atomic E-state index is 0.0749.